The van der Waals surface area contributed by atoms with Crippen molar-refractivity contribution in [2.45, 2.75) is 0 Å². The Morgan fingerprint density at radius 1 is 1.04 bits per heavy atom. The molecule has 2 aromatic rings. The molecule has 2 aromatic carbocycles. The van der Waals surface area contributed by atoms with Crippen molar-refractivity contribution in [3.63, 3.8) is 0 Å². The maximum atomic E-state index is 13.8. The lowest BCUT2D eigenvalue weighted by Crippen LogP contribution is -2.31. The third-order valence-corrected chi connectivity index (χ3v) is 3.51. The topological polar surface area (TPSA) is 32.3 Å². The van der Waals surface area contributed by atoms with Crippen LogP contribution in [0.15, 0.2) is 48.2 Å². The number of carbonyl (C=O) groups excluding carboxylic acids is 1. The summed E-state index contributed by atoms with van der Waals surface area (Å²) in [7, 11) is 0. The molecular weight excluding hydrogens is 325 g/mol. The van der Waals surface area contributed by atoms with Crippen molar-refractivity contribution in [2.75, 3.05) is 4.90 Å². The van der Waals surface area contributed by atoms with E-state index in [1.165, 1.54) is 18.2 Å². The zero-order chi connectivity index (χ0) is 16.6. The molecule has 116 valence electrons. The molecule has 3 rings (SSSR count). The molecule has 1 saturated heterocycles. The molecule has 1 aliphatic heterocycles. The lowest BCUT2D eigenvalue weighted by molar-refractivity contribution is -0.113. The highest BCUT2D eigenvalue weighted by Gasteiger charge is 2.33. The van der Waals surface area contributed by atoms with Gasteiger partial charge in [-0.3, -0.25) is 4.79 Å². The van der Waals surface area contributed by atoms with Gasteiger partial charge in [0, 0.05) is 5.56 Å². The molecule has 1 N–H and O–H groups in total. The molecular formula is C16H9F3N2OS. The first-order valence-corrected chi connectivity index (χ1v) is 6.95. The van der Waals surface area contributed by atoms with Gasteiger partial charge in [-0.05, 0) is 48.6 Å². The standard InChI is InChI=1S/C16H9F3N2OS/c17-10-5-6-11(18)9(7-10)8-13-15(22)21(16(23)20-13)14-4-2-1-3-12(14)19/h1-8H,(H,20,23)/b13-8-. The lowest BCUT2D eigenvalue weighted by atomic mass is 10.1. The van der Waals surface area contributed by atoms with Gasteiger partial charge in [0.15, 0.2) is 5.11 Å². The van der Waals surface area contributed by atoms with Crippen molar-refractivity contribution >= 4 is 35.0 Å². The molecule has 23 heavy (non-hydrogen) atoms. The van der Waals surface area contributed by atoms with Crippen LogP contribution >= 0.6 is 12.2 Å². The molecule has 0 unspecified atom stereocenters. The van der Waals surface area contributed by atoms with Crippen LogP contribution in [0.5, 0.6) is 0 Å². The summed E-state index contributed by atoms with van der Waals surface area (Å²) in [5, 5.41) is 2.55. The molecule has 0 bridgehead atoms. The van der Waals surface area contributed by atoms with Crippen LogP contribution in [0.2, 0.25) is 0 Å². The predicted molar refractivity (Wildman–Crippen MR) is 84.0 cm³/mol. The molecule has 1 heterocycles. The lowest BCUT2D eigenvalue weighted by Gasteiger charge is -2.14. The van der Waals surface area contributed by atoms with E-state index in [2.05, 4.69) is 5.32 Å². The minimum Gasteiger partial charge on any atom is -0.327 e. The molecule has 1 aliphatic rings. The van der Waals surface area contributed by atoms with Crippen molar-refractivity contribution in [1.82, 2.24) is 5.32 Å². The van der Waals surface area contributed by atoms with E-state index in [0.29, 0.717) is 0 Å². The summed E-state index contributed by atoms with van der Waals surface area (Å²) in [5.74, 6) is -2.60. The Morgan fingerprint density at radius 3 is 2.52 bits per heavy atom. The number of halogens is 3. The summed E-state index contributed by atoms with van der Waals surface area (Å²) in [4.78, 5) is 13.4. The van der Waals surface area contributed by atoms with E-state index in [4.69, 9.17) is 12.2 Å². The number of rotatable bonds is 2. The number of hydrogen-bond acceptors (Lipinski definition) is 2. The van der Waals surface area contributed by atoms with E-state index in [1.54, 1.807) is 6.07 Å². The Hall–Kier alpha value is -2.67. The smallest absolute Gasteiger partial charge is 0.281 e. The number of amides is 1. The van der Waals surface area contributed by atoms with Gasteiger partial charge >= 0.3 is 0 Å². The van der Waals surface area contributed by atoms with Gasteiger partial charge in [0.05, 0.1) is 5.69 Å². The Kier molecular flexibility index (Phi) is 3.87. The number of nitrogens with zero attached hydrogens (tertiary/aromatic N) is 1. The van der Waals surface area contributed by atoms with Crippen LogP contribution in [-0.2, 0) is 4.79 Å². The molecule has 7 heteroatoms. The van der Waals surface area contributed by atoms with Gasteiger partial charge in [0.25, 0.3) is 5.91 Å². The van der Waals surface area contributed by atoms with E-state index >= 15 is 0 Å². The monoisotopic (exact) mass is 334 g/mol. The van der Waals surface area contributed by atoms with Crippen LogP contribution in [0.3, 0.4) is 0 Å². The maximum absolute atomic E-state index is 13.8. The predicted octanol–water partition coefficient (Wildman–Crippen LogP) is 3.37. The summed E-state index contributed by atoms with van der Waals surface area (Å²) in [6.07, 6.45) is 1.13. The number of para-hydroxylation sites is 1. The number of thiocarbonyl (C=S) groups is 1. The second-order valence-electron chi connectivity index (χ2n) is 4.75. The Bertz CT molecular complexity index is 851. The van der Waals surface area contributed by atoms with Gasteiger partial charge in [-0.1, -0.05) is 12.1 Å². The van der Waals surface area contributed by atoms with Crippen molar-refractivity contribution in [3.05, 3.63) is 71.2 Å². The molecule has 0 aromatic heterocycles. The van der Waals surface area contributed by atoms with Crippen LogP contribution in [0.25, 0.3) is 6.08 Å². The second-order valence-corrected chi connectivity index (χ2v) is 5.13. The minimum absolute atomic E-state index is 0.0156. The summed E-state index contributed by atoms with van der Waals surface area (Å²) in [6, 6.07) is 8.50. The first kappa shape index (κ1) is 15.2. The number of benzene rings is 2. The zero-order valence-corrected chi connectivity index (χ0v) is 12.3. The average molecular weight is 334 g/mol. The van der Waals surface area contributed by atoms with E-state index < -0.39 is 23.4 Å². The largest absolute Gasteiger partial charge is 0.327 e. The highest BCUT2D eigenvalue weighted by atomic mass is 32.1. The van der Waals surface area contributed by atoms with Gasteiger partial charge in [0.2, 0.25) is 0 Å². The molecule has 0 saturated carbocycles. The third-order valence-electron chi connectivity index (χ3n) is 3.23. The Morgan fingerprint density at radius 2 is 1.78 bits per heavy atom. The van der Waals surface area contributed by atoms with E-state index in [0.717, 1.165) is 29.2 Å². The van der Waals surface area contributed by atoms with E-state index in [1.807, 2.05) is 0 Å². The highest BCUT2D eigenvalue weighted by Crippen LogP contribution is 2.25. The number of anilines is 1. The SMILES string of the molecule is O=C1/C(=C/c2cc(F)ccc2F)NC(=S)N1c1ccccc1F. The Labute approximate surface area is 135 Å². The number of carbonyl (C=O) groups is 1. The fraction of sp³-hybridized carbons (Fsp3) is 0. The maximum Gasteiger partial charge on any atom is 0.281 e. The zero-order valence-electron chi connectivity index (χ0n) is 11.5. The molecule has 0 aliphatic carbocycles. The van der Waals surface area contributed by atoms with Gasteiger partial charge in [-0.15, -0.1) is 0 Å². The van der Waals surface area contributed by atoms with Crippen LogP contribution in [0.4, 0.5) is 18.9 Å². The van der Waals surface area contributed by atoms with Crippen LogP contribution in [-0.4, -0.2) is 11.0 Å². The quantitative estimate of drug-likeness (QED) is 0.675. The fourth-order valence-electron chi connectivity index (χ4n) is 2.17. The number of hydrogen-bond donors (Lipinski definition) is 1. The first-order chi connectivity index (χ1) is 11.0. The van der Waals surface area contributed by atoms with Gasteiger partial charge in [-0.2, -0.15) is 0 Å². The van der Waals surface area contributed by atoms with Crippen LogP contribution < -0.4 is 10.2 Å². The summed E-state index contributed by atoms with van der Waals surface area (Å²) in [6.45, 7) is 0. The van der Waals surface area contributed by atoms with Crippen LogP contribution in [0.1, 0.15) is 5.56 Å². The summed E-state index contributed by atoms with van der Waals surface area (Å²) in [5.41, 5.74) is -0.195. The van der Waals surface area contributed by atoms with E-state index in [-0.39, 0.29) is 22.1 Å². The normalized spacial score (nSPS) is 16.1. The molecule has 1 amide bonds. The highest BCUT2D eigenvalue weighted by molar-refractivity contribution is 7.80. The minimum atomic E-state index is -0.691. The summed E-state index contributed by atoms with van der Waals surface area (Å²) < 4.78 is 40.7. The summed E-state index contributed by atoms with van der Waals surface area (Å²) >= 11 is 5.03. The molecule has 0 spiro atoms. The number of nitrogens with one attached hydrogen (secondary N) is 1. The van der Waals surface area contributed by atoms with Gasteiger partial charge in [-0.25, -0.2) is 18.1 Å². The van der Waals surface area contributed by atoms with Gasteiger partial charge < -0.3 is 5.32 Å². The van der Waals surface area contributed by atoms with Gasteiger partial charge in [0.1, 0.15) is 23.1 Å². The van der Waals surface area contributed by atoms with E-state index in [9.17, 15) is 18.0 Å². The van der Waals surface area contributed by atoms with Crippen molar-refractivity contribution in [2.24, 2.45) is 0 Å². The molecule has 1 fully saturated rings. The van der Waals surface area contributed by atoms with Crippen molar-refractivity contribution in [1.29, 1.82) is 0 Å². The molecule has 0 atom stereocenters. The molecule has 3 nitrogen and oxygen atoms in total. The Balaban J connectivity index is 2.00. The fourth-order valence-corrected chi connectivity index (χ4v) is 2.46. The average Bonchev–Trinajstić information content (AvgIpc) is 2.78. The third kappa shape index (κ3) is 2.83. The van der Waals surface area contributed by atoms with Crippen molar-refractivity contribution in [3.8, 4) is 0 Å². The van der Waals surface area contributed by atoms with Crippen LogP contribution in [0, 0.1) is 17.5 Å². The first-order valence-electron chi connectivity index (χ1n) is 6.54. The second kappa shape index (κ2) is 5.85. The van der Waals surface area contributed by atoms with Crippen molar-refractivity contribution < 1.29 is 18.0 Å². The molecule has 0 radical (unpaired) electrons.